The number of aliphatic hydroxyl groups is 1. The minimum absolute atomic E-state index is 0.0596. The number of nitrogens with zero attached hydrogens (tertiary/aromatic N) is 1. The molecule has 1 amide bonds. The fraction of sp³-hybridized carbons (Fsp3) is 0.294. The van der Waals surface area contributed by atoms with Crippen LogP contribution in [0.5, 0.6) is 0 Å². The van der Waals surface area contributed by atoms with Crippen molar-refractivity contribution < 1.29 is 9.90 Å². The van der Waals surface area contributed by atoms with E-state index in [1.54, 1.807) is 6.20 Å². The fourth-order valence-corrected chi connectivity index (χ4v) is 3.39. The zero-order valence-corrected chi connectivity index (χ0v) is 13.9. The van der Waals surface area contributed by atoms with Crippen LogP contribution in [0, 0.1) is 5.92 Å². The van der Waals surface area contributed by atoms with Crippen LogP contribution in [0.25, 0.3) is 21.5 Å². The smallest absolute Gasteiger partial charge is 0.261 e. The van der Waals surface area contributed by atoms with Gasteiger partial charge in [0.25, 0.3) is 5.91 Å². The number of hydrogen-bond donors (Lipinski definition) is 3. The number of aromatic amines is 1. The first-order valence-electron chi connectivity index (χ1n) is 7.54. The average molecular weight is 329 g/mol. The Bertz CT molecular complexity index is 822. The van der Waals surface area contributed by atoms with Crippen LogP contribution in [0.15, 0.2) is 36.7 Å². The number of thiophene rings is 1. The molecule has 0 radical (unpaired) electrons. The lowest BCUT2D eigenvalue weighted by molar-refractivity contribution is 0.0901. The number of carbonyl (C=O) groups is 1. The molecule has 0 aromatic carbocycles. The van der Waals surface area contributed by atoms with Gasteiger partial charge in [-0.05, 0) is 30.2 Å². The first-order chi connectivity index (χ1) is 11.1. The Kier molecular flexibility index (Phi) is 4.45. The van der Waals surface area contributed by atoms with Gasteiger partial charge in [-0.3, -0.25) is 4.79 Å². The van der Waals surface area contributed by atoms with Crippen LogP contribution < -0.4 is 5.32 Å². The predicted molar refractivity (Wildman–Crippen MR) is 92.6 cm³/mol. The first-order valence-corrected chi connectivity index (χ1v) is 8.36. The third kappa shape index (κ3) is 3.13. The largest absolute Gasteiger partial charge is 0.394 e. The molecule has 3 N–H and O–H groups in total. The summed E-state index contributed by atoms with van der Waals surface area (Å²) in [5.41, 5.74) is 1.89. The molecule has 3 aromatic heterocycles. The molecule has 0 aliphatic rings. The Balaban J connectivity index is 1.86. The number of amides is 1. The highest BCUT2D eigenvalue weighted by molar-refractivity contribution is 7.17. The Hall–Kier alpha value is -2.18. The molecule has 6 heteroatoms. The number of aliphatic hydroxyl groups excluding tert-OH is 1. The van der Waals surface area contributed by atoms with E-state index in [2.05, 4.69) is 15.3 Å². The Morgan fingerprint density at radius 2 is 2.17 bits per heavy atom. The molecular formula is C17H19N3O2S. The molecule has 0 aliphatic carbocycles. The first kappa shape index (κ1) is 15.7. The van der Waals surface area contributed by atoms with Gasteiger partial charge >= 0.3 is 0 Å². The monoisotopic (exact) mass is 329 g/mol. The van der Waals surface area contributed by atoms with Crippen molar-refractivity contribution in [3.63, 3.8) is 0 Å². The van der Waals surface area contributed by atoms with Crippen LogP contribution in [0.2, 0.25) is 0 Å². The quantitative estimate of drug-likeness (QED) is 0.673. The summed E-state index contributed by atoms with van der Waals surface area (Å²) < 4.78 is 0. The van der Waals surface area contributed by atoms with Gasteiger partial charge in [0.15, 0.2) is 0 Å². The Morgan fingerprint density at radius 1 is 1.35 bits per heavy atom. The number of nitrogens with one attached hydrogen (secondary N) is 2. The van der Waals surface area contributed by atoms with Crippen molar-refractivity contribution >= 4 is 28.3 Å². The fourth-order valence-electron chi connectivity index (χ4n) is 2.44. The third-order valence-corrected chi connectivity index (χ3v) is 4.99. The maximum absolute atomic E-state index is 12.3. The molecule has 0 saturated carbocycles. The number of pyridine rings is 1. The van der Waals surface area contributed by atoms with Gasteiger partial charge < -0.3 is 15.4 Å². The third-order valence-electron chi connectivity index (χ3n) is 3.87. The highest BCUT2D eigenvalue weighted by Gasteiger charge is 2.18. The molecule has 5 nitrogen and oxygen atoms in total. The second-order valence-electron chi connectivity index (χ2n) is 5.77. The van der Waals surface area contributed by atoms with Crippen LogP contribution in [0.3, 0.4) is 0 Å². The van der Waals surface area contributed by atoms with E-state index in [-0.39, 0.29) is 24.5 Å². The number of H-pyrrole nitrogens is 1. The van der Waals surface area contributed by atoms with Gasteiger partial charge in [0, 0.05) is 28.2 Å². The van der Waals surface area contributed by atoms with E-state index in [1.807, 2.05) is 44.3 Å². The Labute approximate surface area is 138 Å². The van der Waals surface area contributed by atoms with E-state index >= 15 is 0 Å². The van der Waals surface area contributed by atoms with Crippen molar-refractivity contribution in [1.29, 1.82) is 0 Å². The van der Waals surface area contributed by atoms with Crippen molar-refractivity contribution in [3.8, 4) is 10.4 Å². The minimum Gasteiger partial charge on any atom is -0.394 e. The van der Waals surface area contributed by atoms with Gasteiger partial charge in [-0.15, -0.1) is 11.3 Å². The molecule has 120 valence electrons. The van der Waals surface area contributed by atoms with E-state index in [9.17, 15) is 9.90 Å². The van der Waals surface area contributed by atoms with E-state index in [0.29, 0.717) is 4.88 Å². The van der Waals surface area contributed by atoms with E-state index in [4.69, 9.17) is 0 Å². The molecule has 3 heterocycles. The van der Waals surface area contributed by atoms with Crippen molar-refractivity contribution in [3.05, 3.63) is 41.5 Å². The summed E-state index contributed by atoms with van der Waals surface area (Å²) in [5.74, 6) is 0.0384. The highest BCUT2D eigenvalue weighted by Crippen LogP contribution is 2.32. The SMILES string of the molecule is CC(C)C(CO)NC(=O)c1ccc(-c2ccnc3[nH]ccc23)s1. The summed E-state index contributed by atoms with van der Waals surface area (Å²) >= 11 is 1.44. The molecule has 1 atom stereocenters. The van der Waals surface area contributed by atoms with Gasteiger partial charge in [0.2, 0.25) is 0 Å². The summed E-state index contributed by atoms with van der Waals surface area (Å²) in [7, 11) is 0. The van der Waals surface area contributed by atoms with E-state index in [1.165, 1.54) is 11.3 Å². The minimum atomic E-state index is -0.231. The number of rotatable bonds is 5. The topological polar surface area (TPSA) is 78.0 Å². The Morgan fingerprint density at radius 3 is 2.91 bits per heavy atom. The van der Waals surface area contributed by atoms with Gasteiger partial charge in [-0.2, -0.15) is 0 Å². The summed E-state index contributed by atoms with van der Waals surface area (Å²) in [6.07, 6.45) is 3.62. The maximum atomic E-state index is 12.3. The predicted octanol–water partition coefficient (Wildman–Crippen LogP) is 3.04. The van der Waals surface area contributed by atoms with Gasteiger partial charge in [-0.25, -0.2) is 4.98 Å². The molecule has 0 bridgehead atoms. The van der Waals surface area contributed by atoms with Crippen LogP contribution >= 0.6 is 11.3 Å². The zero-order chi connectivity index (χ0) is 16.4. The van der Waals surface area contributed by atoms with Crippen molar-refractivity contribution in [2.24, 2.45) is 5.92 Å². The zero-order valence-electron chi connectivity index (χ0n) is 13.0. The second-order valence-corrected chi connectivity index (χ2v) is 6.85. The van der Waals surface area contributed by atoms with Crippen LogP contribution in [-0.4, -0.2) is 33.6 Å². The van der Waals surface area contributed by atoms with Crippen molar-refractivity contribution in [1.82, 2.24) is 15.3 Å². The van der Waals surface area contributed by atoms with Gasteiger partial charge in [0.1, 0.15) is 5.65 Å². The van der Waals surface area contributed by atoms with Crippen molar-refractivity contribution in [2.75, 3.05) is 6.61 Å². The normalized spacial score (nSPS) is 12.7. The highest BCUT2D eigenvalue weighted by atomic mass is 32.1. The summed E-state index contributed by atoms with van der Waals surface area (Å²) in [4.78, 5) is 21.4. The van der Waals surface area contributed by atoms with Crippen LogP contribution in [0.1, 0.15) is 23.5 Å². The molecule has 3 rings (SSSR count). The summed E-state index contributed by atoms with van der Waals surface area (Å²) in [6.45, 7) is 3.89. The molecule has 0 aliphatic heterocycles. The standard InChI is InChI=1S/C17H19N3O2S/c1-10(2)13(9-21)20-17(22)15-4-3-14(23-15)11-5-7-18-16-12(11)6-8-19-16/h3-8,10,13,21H,9H2,1-2H3,(H,18,19)(H,20,22). The van der Waals surface area contributed by atoms with Crippen LogP contribution in [0.4, 0.5) is 0 Å². The molecule has 0 saturated heterocycles. The maximum Gasteiger partial charge on any atom is 0.261 e. The van der Waals surface area contributed by atoms with Gasteiger partial charge in [-0.1, -0.05) is 13.8 Å². The van der Waals surface area contributed by atoms with E-state index in [0.717, 1.165) is 21.5 Å². The van der Waals surface area contributed by atoms with Crippen LogP contribution in [-0.2, 0) is 0 Å². The lowest BCUT2D eigenvalue weighted by Crippen LogP contribution is -2.40. The summed E-state index contributed by atoms with van der Waals surface area (Å²) in [6, 6.07) is 7.48. The summed E-state index contributed by atoms with van der Waals surface area (Å²) in [5, 5.41) is 13.3. The number of carbonyl (C=O) groups excluding carboxylic acids is 1. The molecule has 0 fully saturated rings. The van der Waals surface area contributed by atoms with E-state index < -0.39 is 0 Å². The second kappa shape index (κ2) is 6.52. The number of hydrogen-bond acceptors (Lipinski definition) is 4. The molecule has 1 unspecified atom stereocenters. The van der Waals surface area contributed by atoms with Gasteiger partial charge in [0.05, 0.1) is 17.5 Å². The molecular weight excluding hydrogens is 310 g/mol. The molecule has 0 spiro atoms. The molecule has 23 heavy (non-hydrogen) atoms. The lowest BCUT2D eigenvalue weighted by Gasteiger charge is -2.19. The number of aromatic nitrogens is 2. The lowest BCUT2D eigenvalue weighted by atomic mass is 10.1. The average Bonchev–Trinajstić information content (AvgIpc) is 3.20. The van der Waals surface area contributed by atoms with Crippen molar-refractivity contribution in [2.45, 2.75) is 19.9 Å². The number of fused-ring (bicyclic) bond motifs is 1. The molecule has 3 aromatic rings.